The summed E-state index contributed by atoms with van der Waals surface area (Å²) in [5.41, 5.74) is -0.819. The lowest BCUT2D eigenvalue weighted by molar-refractivity contribution is -0.163. The van der Waals surface area contributed by atoms with Crippen molar-refractivity contribution in [3.63, 3.8) is 0 Å². The standard InChI is InChI=1S/C17H22N2O5.C6H12/c1-13(23-12-24-14-6-3-2-4-7-14)19-9-5-8-17(16(19)21)11-22-10-15(20)18-17;1-2-4-6-5-3-1/h2-4,6-7,16,21H,1,5,8-12H2,(H,18,20);1-6H2. The number of rotatable bonds is 5. The Bertz CT molecular complexity index is 664. The number of hydrogen-bond acceptors (Lipinski definition) is 6. The van der Waals surface area contributed by atoms with Crippen LogP contribution in [0.4, 0.5) is 0 Å². The number of amides is 1. The maximum absolute atomic E-state index is 11.6. The van der Waals surface area contributed by atoms with Crippen LogP contribution in [0, 0.1) is 0 Å². The lowest BCUT2D eigenvalue weighted by atomic mass is 9.86. The smallest absolute Gasteiger partial charge is 0.246 e. The van der Waals surface area contributed by atoms with Crippen LogP contribution in [0.5, 0.6) is 5.75 Å². The molecule has 1 aliphatic carbocycles. The van der Waals surface area contributed by atoms with Crippen LogP contribution in [0.2, 0.25) is 0 Å². The minimum absolute atomic E-state index is 0.0120. The van der Waals surface area contributed by atoms with E-state index in [2.05, 4.69) is 11.9 Å². The van der Waals surface area contributed by atoms with Crippen LogP contribution in [-0.4, -0.2) is 54.2 Å². The van der Waals surface area contributed by atoms with E-state index >= 15 is 0 Å². The van der Waals surface area contributed by atoms with Gasteiger partial charge in [-0.1, -0.05) is 56.7 Å². The van der Waals surface area contributed by atoms with Gasteiger partial charge in [-0.15, -0.1) is 0 Å². The number of morpholine rings is 1. The highest BCUT2D eigenvalue weighted by molar-refractivity contribution is 5.78. The van der Waals surface area contributed by atoms with Crippen molar-refractivity contribution in [1.29, 1.82) is 0 Å². The summed E-state index contributed by atoms with van der Waals surface area (Å²) in [5, 5.41) is 13.6. The molecule has 4 rings (SSSR count). The molecule has 0 bridgehead atoms. The molecule has 1 aromatic carbocycles. The first-order valence-electron chi connectivity index (χ1n) is 10.9. The van der Waals surface area contributed by atoms with Crippen molar-refractivity contribution in [3.05, 3.63) is 42.8 Å². The van der Waals surface area contributed by atoms with Crippen molar-refractivity contribution in [2.45, 2.75) is 63.1 Å². The maximum Gasteiger partial charge on any atom is 0.246 e. The molecule has 2 aliphatic heterocycles. The van der Waals surface area contributed by atoms with Gasteiger partial charge >= 0.3 is 0 Å². The predicted molar refractivity (Wildman–Crippen MR) is 114 cm³/mol. The number of ether oxygens (including phenoxy) is 3. The molecule has 7 nitrogen and oxygen atoms in total. The topological polar surface area (TPSA) is 80.3 Å². The number of likely N-dealkylation sites (tertiary alicyclic amines) is 1. The van der Waals surface area contributed by atoms with E-state index in [-0.39, 0.29) is 25.9 Å². The molecule has 2 N–H and O–H groups in total. The van der Waals surface area contributed by atoms with Crippen molar-refractivity contribution >= 4 is 5.91 Å². The zero-order chi connectivity index (χ0) is 21.2. The van der Waals surface area contributed by atoms with Gasteiger partial charge in [-0.2, -0.15) is 0 Å². The van der Waals surface area contributed by atoms with Crippen molar-refractivity contribution in [2.75, 3.05) is 26.6 Å². The lowest BCUT2D eigenvalue weighted by Gasteiger charge is -2.49. The minimum atomic E-state index is -0.959. The van der Waals surface area contributed by atoms with E-state index in [0.29, 0.717) is 24.6 Å². The molecule has 3 aliphatic rings. The molecule has 166 valence electrons. The fourth-order valence-corrected chi connectivity index (χ4v) is 4.15. The van der Waals surface area contributed by atoms with E-state index in [0.717, 1.165) is 6.42 Å². The molecule has 1 aromatic rings. The van der Waals surface area contributed by atoms with Crippen molar-refractivity contribution < 1.29 is 24.1 Å². The summed E-state index contributed by atoms with van der Waals surface area (Å²) < 4.78 is 16.3. The van der Waals surface area contributed by atoms with E-state index in [1.165, 1.54) is 38.5 Å². The molecule has 2 unspecified atom stereocenters. The Labute approximate surface area is 179 Å². The summed E-state index contributed by atoms with van der Waals surface area (Å²) in [6.07, 6.45) is 9.46. The first-order valence-corrected chi connectivity index (χ1v) is 10.9. The largest absolute Gasteiger partial charge is 0.457 e. The third-order valence-electron chi connectivity index (χ3n) is 5.81. The van der Waals surface area contributed by atoms with Crippen LogP contribution in [0.15, 0.2) is 42.8 Å². The molecule has 1 spiro atoms. The molecule has 2 atom stereocenters. The Kier molecular flexibility index (Phi) is 8.39. The van der Waals surface area contributed by atoms with Gasteiger partial charge in [-0.25, -0.2) is 0 Å². The van der Waals surface area contributed by atoms with Gasteiger partial charge in [0.05, 0.1) is 6.61 Å². The van der Waals surface area contributed by atoms with E-state index in [1.54, 1.807) is 4.90 Å². The Morgan fingerprint density at radius 3 is 2.47 bits per heavy atom. The second-order valence-corrected chi connectivity index (χ2v) is 8.10. The number of aliphatic hydroxyl groups is 1. The predicted octanol–water partition coefficient (Wildman–Crippen LogP) is 3.15. The highest BCUT2D eigenvalue weighted by atomic mass is 16.7. The molecule has 2 saturated heterocycles. The van der Waals surface area contributed by atoms with Crippen LogP contribution in [0.3, 0.4) is 0 Å². The number of carbonyl (C=O) groups excluding carboxylic acids is 1. The Hall–Kier alpha value is -2.25. The Morgan fingerprint density at radius 2 is 1.83 bits per heavy atom. The number of nitrogens with zero attached hydrogens (tertiary/aromatic N) is 1. The monoisotopic (exact) mass is 418 g/mol. The lowest BCUT2D eigenvalue weighted by Crippen LogP contribution is -2.69. The van der Waals surface area contributed by atoms with Gasteiger partial charge in [-0.05, 0) is 31.6 Å². The third kappa shape index (κ3) is 6.12. The number of carbonyl (C=O) groups is 1. The zero-order valence-electron chi connectivity index (χ0n) is 17.7. The molecule has 3 fully saturated rings. The number of benzene rings is 1. The molecule has 0 aromatic heterocycles. The number of nitrogens with one attached hydrogen (secondary N) is 1. The van der Waals surface area contributed by atoms with Crippen LogP contribution >= 0.6 is 0 Å². The first kappa shape index (κ1) is 22.4. The zero-order valence-corrected chi connectivity index (χ0v) is 17.7. The van der Waals surface area contributed by atoms with Crippen molar-refractivity contribution in [1.82, 2.24) is 10.2 Å². The third-order valence-corrected chi connectivity index (χ3v) is 5.81. The summed E-state index contributed by atoms with van der Waals surface area (Å²) in [5.74, 6) is 0.771. The van der Waals surface area contributed by atoms with Gasteiger partial charge in [0.25, 0.3) is 0 Å². The second-order valence-electron chi connectivity index (χ2n) is 8.10. The van der Waals surface area contributed by atoms with Crippen LogP contribution in [0.25, 0.3) is 0 Å². The van der Waals surface area contributed by atoms with Gasteiger partial charge in [0.2, 0.25) is 12.7 Å². The molecule has 0 radical (unpaired) electrons. The molecular weight excluding hydrogens is 384 g/mol. The van der Waals surface area contributed by atoms with E-state index in [1.807, 2.05) is 30.3 Å². The minimum Gasteiger partial charge on any atom is -0.457 e. The molecule has 7 heteroatoms. The van der Waals surface area contributed by atoms with Crippen molar-refractivity contribution in [2.24, 2.45) is 0 Å². The van der Waals surface area contributed by atoms with Gasteiger partial charge in [-0.3, -0.25) is 4.79 Å². The molecular formula is C23H34N2O5. The van der Waals surface area contributed by atoms with Gasteiger partial charge in [0, 0.05) is 6.54 Å². The quantitative estimate of drug-likeness (QED) is 0.565. The first-order chi connectivity index (χ1) is 14.6. The average molecular weight is 419 g/mol. The van der Waals surface area contributed by atoms with E-state index in [9.17, 15) is 9.90 Å². The highest BCUT2D eigenvalue weighted by Gasteiger charge is 2.48. The Balaban J connectivity index is 0.000000367. The van der Waals surface area contributed by atoms with Gasteiger partial charge in [0.15, 0.2) is 12.1 Å². The van der Waals surface area contributed by atoms with Crippen LogP contribution in [0.1, 0.15) is 51.4 Å². The number of hydrogen-bond donors (Lipinski definition) is 2. The van der Waals surface area contributed by atoms with E-state index < -0.39 is 11.8 Å². The SMILES string of the molecule is C1CCCCC1.C=C(OCOc1ccccc1)N1CCCC2(COCC(=O)N2)C1O. The highest BCUT2D eigenvalue weighted by Crippen LogP contribution is 2.31. The fourth-order valence-electron chi connectivity index (χ4n) is 4.15. The summed E-state index contributed by atoms with van der Waals surface area (Å²) in [4.78, 5) is 13.3. The van der Waals surface area contributed by atoms with Crippen molar-refractivity contribution in [3.8, 4) is 5.75 Å². The molecule has 2 heterocycles. The van der Waals surface area contributed by atoms with Gasteiger partial charge in [0.1, 0.15) is 17.9 Å². The normalized spacial score (nSPS) is 26.2. The molecule has 1 saturated carbocycles. The fraction of sp³-hybridized carbons (Fsp3) is 0.609. The number of para-hydroxylation sites is 1. The number of aliphatic hydroxyl groups excluding tert-OH is 1. The van der Waals surface area contributed by atoms with Gasteiger partial charge < -0.3 is 29.5 Å². The summed E-state index contributed by atoms with van der Waals surface area (Å²) >= 11 is 0. The van der Waals surface area contributed by atoms with E-state index in [4.69, 9.17) is 14.2 Å². The van der Waals surface area contributed by atoms with Crippen LogP contribution < -0.4 is 10.1 Å². The summed E-state index contributed by atoms with van der Waals surface area (Å²) in [6, 6.07) is 9.29. The average Bonchev–Trinajstić information content (AvgIpc) is 2.78. The summed E-state index contributed by atoms with van der Waals surface area (Å²) in [6.45, 7) is 4.73. The van der Waals surface area contributed by atoms with Crippen LogP contribution in [-0.2, 0) is 14.3 Å². The Morgan fingerprint density at radius 1 is 1.17 bits per heavy atom. The maximum atomic E-state index is 11.6. The second kappa shape index (κ2) is 11.2. The summed E-state index contributed by atoms with van der Waals surface area (Å²) in [7, 11) is 0. The number of piperidine rings is 1. The molecule has 1 amide bonds. The molecule has 30 heavy (non-hydrogen) atoms.